The molecule has 1 N–H and O–H groups in total. The van der Waals surface area contributed by atoms with Gasteiger partial charge in [-0.25, -0.2) is 0 Å². The van der Waals surface area contributed by atoms with Crippen molar-refractivity contribution in [2.75, 3.05) is 48.1 Å². The molecule has 0 fully saturated rings. The number of methoxy groups -OCH3 is 4. The summed E-state index contributed by atoms with van der Waals surface area (Å²) in [5, 5.41) is 3.83. The number of nitrogens with zero attached hydrogens (tertiary/aromatic N) is 1. The van der Waals surface area contributed by atoms with Crippen LogP contribution in [0.2, 0.25) is 0 Å². The van der Waals surface area contributed by atoms with Crippen molar-refractivity contribution >= 4 is 18.0 Å². The van der Waals surface area contributed by atoms with Crippen LogP contribution in [-0.4, -0.2) is 53.0 Å². The summed E-state index contributed by atoms with van der Waals surface area (Å²) in [6, 6.07) is 20.2. The van der Waals surface area contributed by atoms with Gasteiger partial charge in [-0.1, -0.05) is 35.9 Å². The zero-order chi connectivity index (χ0) is 26.9. The van der Waals surface area contributed by atoms with Crippen LogP contribution < -0.4 is 24.3 Å². The Morgan fingerprint density at radius 3 is 2.02 bits per heavy atom. The van der Waals surface area contributed by atoms with Crippen molar-refractivity contribution < 1.29 is 18.9 Å². The zero-order valence-corrected chi connectivity index (χ0v) is 24.6. The summed E-state index contributed by atoms with van der Waals surface area (Å²) in [6.45, 7) is 2.94. The van der Waals surface area contributed by atoms with Crippen LogP contribution in [0.25, 0.3) is 5.57 Å². The molecule has 0 spiro atoms. The monoisotopic (exact) mass is 562 g/mol. The molecule has 0 amide bonds. The second-order valence-corrected chi connectivity index (χ2v) is 10.7. The Kier molecular flexibility index (Phi) is 8.60. The molecule has 3 aromatic carbocycles. The van der Waals surface area contributed by atoms with Gasteiger partial charge < -0.3 is 24.3 Å². The lowest BCUT2D eigenvalue weighted by Gasteiger charge is -2.43. The molecule has 3 aliphatic heterocycles. The average molecular weight is 563 g/mol. The molecule has 6 rings (SSSR count). The summed E-state index contributed by atoms with van der Waals surface area (Å²) in [5.74, 6) is 3.21. The van der Waals surface area contributed by atoms with Crippen LogP contribution in [0.3, 0.4) is 0 Å². The highest BCUT2D eigenvalue weighted by Crippen LogP contribution is 2.47. The van der Waals surface area contributed by atoms with E-state index >= 15 is 0 Å². The SMILES string of the molecule is COc1cc2c(cc1OC)C(CC1=C(c3ccccc3)CN3CCc4cc(OC)c(OC)cc4C3C1)NCC2.Cl. The van der Waals surface area contributed by atoms with Gasteiger partial charge in [-0.15, -0.1) is 12.4 Å². The van der Waals surface area contributed by atoms with Crippen LogP contribution in [0.5, 0.6) is 23.0 Å². The number of hydrogen-bond donors (Lipinski definition) is 1. The van der Waals surface area contributed by atoms with E-state index < -0.39 is 0 Å². The Morgan fingerprint density at radius 1 is 0.775 bits per heavy atom. The molecule has 2 unspecified atom stereocenters. The van der Waals surface area contributed by atoms with E-state index in [2.05, 4.69) is 64.8 Å². The van der Waals surface area contributed by atoms with Gasteiger partial charge in [-0.2, -0.15) is 0 Å². The van der Waals surface area contributed by atoms with Gasteiger partial charge in [0.1, 0.15) is 0 Å². The smallest absolute Gasteiger partial charge is 0.161 e. The Bertz CT molecular complexity index is 1390. The molecule has 2 atom stereocenters. The van der Waals surface area contributed by atoms with Crippen LogP contribution in [0.15, 0.2) is 60.2 Å². The van der Waals surface area contributed by atoms with Crippen molar-refractivity contribution in [2.24, 2.45) is 0 Å². The summed E-state index contributed by atoms with van der Waals surface area (Å²) in [5.41, 5.74) is 9.70. The highest BCUT2D eigenvalue weighted by atomic mass is 35.5. The zero-order valence-electron chi connectivity index (χ0n) is 23.8. The van der Waals surface area contributed by atoms with Crippen LogP contribution in [0, 0.1) is 0 Å². The minimum absolute atomic E-state index is 0. The Morgan fingerprint density at radius 2 is 1.38 bits per heavy atom. The van der Waals surface area contributed by atoms with E-state index in [9.17, 15) is 0 Å². The van der Waals surface area contributed by atoms with Crippen molar-refractivity contribution in [1.82, 2.24) is 10.2 Å². The van der Waals surface area contributed by atoms with Crippen molar-refractivity contribution in [1.29, 1.82) is 0 Å². The molecular weight excluding hydrogens is 524 g/mol. The maximum Gasteiger partial charge on any atom is 0.161 e. The third-order valence-electron chi connectivity index (χ3n) is 8.72. The van der Waals surface area contributed by atoms with Gasteiger partial charge in [0.05, 0.1) is 28.4 Å². The van der Waals surface area contributed by atoms with Crippen molar-refractivity contribution in [3.8, 4) is 23.0 Å². The number of hydrogen-bond acceptors (Lipinski definition) is 6. The maximum absolute atomic E-state index is 5.71. The van der Waals surface area contributed by atoms with E-state index in [0.717, 1.165) is 68.3 Å². The second-order valence-electron chi connectivity index (χ2n) is 10.7. The lowest BCUT2D eigenvalue weighted by atomic mass is 9.79. The van der Waals surface area contributed by atoms with E-state index in [1.165, 1.54) is 39.0 Å². The molecule has 0 aromatic heterocycles. The van der Waals surface area contributed by atoms with E-state index in [-0.39, 0.29) is 18.4 Å². The van der Waals surface area contributed by atoms with Gasteiger partial charge in [-0.3, -0.25) is 4.90 Å². The topological polar surface area (TPSA) is 52.2 Å². The number of rotatable bonds is 7. The summed E-state index contributed by atoms with van der Waals surface area (Å²) >= 11 is 0. The average Bonchev–Trinajstić information content (AvgIpc) is 2.99. The molecule has 3 aromatic rings. The predicted molar refractivity (Wildman–Crippen MR) is 161 cm³/mol. The third kappa shape index (κ3) is 5.16. The molecule has 0 bridgehead atoms. The summed E-state index contributed by atoms with van der Waals surface area (Å²) < 4.78 is 22.6. The molecule has 0 saturated carbocycles. The van der Waals surface area contributed by atoms with Crippen molar-refractivity contribution in [3.05, 3.63) is 88.0 Å². The van der Waals surface area contributed by atoms with Crippen LogP contribution in [0.4, 0.5) is 0 Å². The molecule has 6 nitrogen and oxygen atoms in total. The van der Waals surface area contributed by atoms with Gasteiger partial charge in [0.2, 0.25) is 0 Å². The summed E-state index contributed by atoms with van der Waals surface area (Å²) in [7, 11) is 6.86. The summed E-state index contributed by atoms with van der Waals surface area (Å²) in [4.78, 5) is 2.65. The summed E-state index contributed by atoms with van der Waals surface area (Å²) in [6.07, 6.45) is 3.96. The molecule has 0 aliphatic carbocycles. The van der Waals surface area contributed by atoms with Gasteiger partial charge in [0, 0.05) is 25.2 Å². The molecular formula is C33H39ClN2O4. The van der Waals surface area contributed by atoms with Crippen molar-refractivity contribution in [2.45, 2.75) is 37.8 Å². The Balaban J connectivity index is 0.00000323. The van der Waals surface area contributed by atoms with Crippen LogP contribution in [-0.2, 0) is 12.8 Å². The normalized spacial score (nSPS) is 20.0. The lowest BCUT2D eigenvalue weighted by Crippen LogP contribution is -2.40. The van der Waals surface area contributed by atoms with E-state index in [4.69, 9.17) is 18.9 Å². The minimum atomic E-state index is 0. The molecule has 212 valence electrons. The first-order valence-corrected chi connectivity index (χ1v) is 13.9. The highest BCUT2D eigenvalue weighted by molar-refractivity contribution is 5.85. The fourth-order valence-corrected chi connectivity index (χ4v) is 6.72. The van der Waals surface area contributed by atoms with Crippen molar-refractivity contribution in [3.63, 3.8) is 0 Å². The van der Waals surface area contributed by atoms with Gasteiger partial charge in [0.25, 0.3) is 0 Å². The van der Waals surface area contributed by atoms with Gasteiger partial charge in [-0.05, 0) is 89.9 Å². The molecule has 40 heavy (non-hydrogen) atoms. The number of benzene rings is 3. The first kappa shape index (κ1) is 28.3. The first-order valence-electron chi connectivity index (χ1n) is 13.9. The van der Waals surface area contributed by atoms with E-state index in [1.54, 1.807) is 28.4 Å². The molecule has 0 radical (unpaired) electrons. The Hall–Kier alpha value is -3.19. The molecule has 0 saturated heterocycles. The maximum atomic E-state index is 5.71. The predicted octanol–water partition coefficient (Wildman–Crippen LogP) is 6.18. The quantitative estimate of drug-likeness (QED) is 0.371. The van der Waals surface area contributed by atoms with Gasteiger partial charge >= 0.3 is 0 Å². The molecule has 7 heteroatoms. The second kappa shape index (κ2) is 12.1. The largest absolute Gasteiger partial charge is 0.493 e. The number of fused-ring (bicyclic) bond motifs is 4. The number of ether oxygens (including phenoxy) is 4. The fraction of sp³-hybridized carbons (Fsp3) is 0.394. The highest BCUT2D eigenvalue weighted by Gasteiger charge is 2.36. The minimum Gasteiger partial charge on any atom is -0.493 e. The number of halogens is 1. The van der Waals surface area contributed by atoms with Crippen LogP contribution in [0.1, 0.15) is 52.7 Å². The standard InChI is InChI=1S/C33H38N2O4.ClH/c1-36-30-16-22-10-12-34-28(25(22)18-32(30)38-3)14-24-15-29-26-19-33(39-4)31(37-2)17-23(26)11-13-35(29)20-27(24)21-8-6-5-7-9-21;/h5-9,16-19,28-29,34H,10-15,20H2,1-4H3;1H. The van der Waals surface area contributed by atoms with E-state index in [0.29, 0.717) is 6.04 Å². The third-order valence-corrected chi connectivity index (χ3v) is 8.72. The van der Waals surface area contributed by atoms with Gasteiger partial charge in [0.15, 0.2) is 23.0 Å². The lowest BCUT2D eigenvalue weighted by molar-refractivity contribution is 0.194. The molecule has 3 heterocycles. The molecule has 3 aliphatic rings. The fourth-order valence-electron chi connectivity index (χ4n) is 6.72. The van der Waals surface area contributed by atoms with Crippen LogP contribution >= 0.6 is 12.4 Å². The number of nitrogens with one attached hydrogen (secondary N) is 1. The Labute approximate surface area is 243 Å². The first-order chi connectivity index (χ1) is 19.1. The van der Waals surface area contributed by atoms with E-state index in [1.807, 2.05) is 0 Å².